The van der Waals surface area contributed by atoms with Crippen molar-refractivity contribution in [3.8, 4) is 0 Å². The summed E-state index contributed by atoms with van der Waals surface area (Å²) in [6.45, 7) is 0. The Bertz CT molecular complexity index is 181. The Morgan fingerprint density at radius 1 is 1.08 bits per heavy atom. The molecule has 0 atom stereocenters. The molecule has 0 aromatic carbocycles. The summed E-state index contributed by atoms with van der Waals surface area (Å²) in [7, 11) is -3.72. The fourth-order valence-corrected chi connectivity index (χ4v) is 1.70. The second kappa shape index (κ2) is 8.97. The molecule has 1 N–H and O–H groups in total. The summed E-state index contributed by atoms with van der Waals surface area (Å²) >= 11 is 3.27. The SMILES string of the molecule is O=S(=O)(O)CCCCCCBr.[NaH]. The molecule has 0 saturated heterocycles. The van der Waals surface area contributed by atoms with Gasteiger partial charge in [0.15, 0.2) is 0 Å². The van der Waals surface area contributed by atoms with Crippen molar-refractivity contribution in [2.45, 2.75) is 25.7 Å². The number of halogens is 1. The standard InChI is InChI=1S/C6H13BrO3S.Na.H/c7-5-3-1-2-4-6-11(8,9)10;;/h1-6H2,(H,8,9,10);;. The maximum absolute atomic E-state index is 10.2. The zero-order chi connectivity index (χ0) is 8.74. The fraction of sp³-hybridized carbons (Fsp3) is 1.00. The topological polar surface area (TPSA) is 54.4 Å². The summed E-state index contributed by atoms with van der Waals surface area (Å²) < 4.78 is 28.8. The third-order valence-corrected chi connectivity index (χ3v) is 2.65. The summed E-state index contributed by atoms with van der Waals surface area (Å²) in [5, 5.41) is 0.957. The summed E-state index contributed by atoms with van der Waals surface area (Å²) in [6.07, 6.45) is 3.50. The van der Waals surface area contributed by atoms with Crippen LogP contribution in [-0.4, -0.2) is 53.6 Å². The van der Waals surface area contributed by atoms with Gasteiger partial charge in [-0.2, -0.15) is 8.42 Å². The predicted molar refractivity (Wildman–Crippen MR) is 55.8 cm³/mol. The molecule has 0 rings (SSSR count). The zero-order valence-electron chi connectivity index (χ0n) is 6.29. The molecule has 0 radical (unpaired) electrons. The molecule has 6 heteroatoms. The van der Waals surface area contributed by atoms with Crippen molar-refractivity contribution in [2.24, 2.45) is 0 Å². The molecular formula is C6H14BrNaO3S. The van der Waals surface area contributed by atoms with Gasteiger partial charge in [-0.1, -0.05) is 28.8 Å². The third kappa shape index (κ3) is 13.9. The van der Waals surface area contributed by atoms with Crippen LogP contribution in [0.5, 0.6) is 0 Å². The molecule has 0 amide bonds. The van der Waals surface area contributed by atoms with Gasteiger partial charge < -0.3 is 0 Å². The van der Waals surface area contributed by atoms with Crippen LogP contribution < -0.4 is 0 Å². The number of hydrogen-bond donors (Lipinski definition) is 1. The van der Waals surface area contributed by atoms with Crippen LogP contribution in [0.15, 0.2) is 0 Å². The average Bonchev–Trinajstić information content (AvgIpc) is 1.85. The van der Waals surface area contributed by atoms with Gasteiger partial charge in [-0.25, -0.2) is 0 Å². The Morgan fingerprint density at radius 2 is 1.58 bits per heavy atom. The van der Waals surface area contributed by atoms with Crippen molar-refractivity contribution in [3.63, 3.8) is 0 Å². The van der Waals surface area contributed by atoms with Crippen molar-refractivity contribution in [1.29, 1.82) is 0 Å². The van der Waals surface area contributed by atoms with E-state index < -0.39 is 10.1 Å². The number of unbranched alkanes of at least 4 members (excludes halogenated alkanes) is 3. The van der Waals surface area contributed by atoms with Crippen LogP contribution in [0, 0.1) is 0 Å². The van der Waals surface area contributed by atoms with Gasteiger partial charge >= 0.3 is 29.6 Å². The maximum atomic E-state index is 10.2. The predicted octanol–water partition coefficient (Wildman–Crippen LogP) is 1.18. The van der Waals surface area contributed by atoms with Crippen LogP contribution in [0.3, 0.4) is 0 Å². The van der Waals surface area contributed by atoms with E-state index in [1.807, 2.05) is 0 Å². The molecule has 0 aromatic heterocycles. The average molecular weight is 269 g/mol. The van der Waals surface area contributed by atoms with Crippen LogP contribution in [0.2, 0.25) is 0 Å². The van der Waals surface area contributed by atoms with E-state index in [1.54, 1.807) is 0 Å². The molecule has 0 fully saturated rings. The molecule has 70 valence electrons. The van der Waals surface area contributed by atoms with Gasteiger partial charge in [-0.3, -0.25) is 4.55 Å². The molecule has 0 bridgehead atoms. The Morgan fingerprint density at radius 3 is 2.00 bits per heavy atom. The van der Waals surface area contributed by atoms with Crippen LogP contribution in [0.25, 0.3) is 0 Å². The van der Waals surface area contributed by atoms with E-state index in [1.165, 1.54) is 0 Å². The summed E-state index contributed by atoms with van der Waals surface area (Å²) in [5.74, 6) is -0.102. The van der Waals surface area contributed by atoms with Crippen molar-refractivity contribution in [2.75, 3.05) is 11.1 Å². The van der Waals surface area contributed by atoms with E-state index in [2.05, 4.69) is 15.9 Å². The minimum absolute atomic E-state index is 0. The van der Waals surface area contributed by atoms with E-state index in [-0.39, 0.29) is 35.3 Å². The monoisotopic (exact) mass is 268 g/mol. The van der Waals surface area contributed by atoms with Gasteiger partial charge in [0.1, 0.15) is 0 Å². The molecule has 0 aromatic rings. The molecule has 0 heterocycles. The van der Waals surface area contributed by atoms with E-state index in [0.29, 0.717) is 6.42 Å². The normalized spacial score (nSPS) is 10.8. The first-order valence-electron chi connectivity index (χ1n) is 3.57. The first-order valence-corrected chi connectivity index (χ1v) is 6.30. The van der Waals surface area contributed by atoms with Crippen molar-refractivity contribution in [1.82, 2.24) is 0 Å². The number of rotatable bonds is 6. The van der Waals surface area contributed by atoms with Gasteiger partial charge in [-0.05, 0) is 12.8 Å². The molecule has 0 aliphatic rings. The van der Waals surface area contributed by atoms with Crippen molar-refractivity contribution >= 4 is 55.6 Å². The molecule has 0 saturated carbocycles. The molecule has 0 spiro atoms. The molecule has 12 heavy (non-hydrogen) atoms. The Balaban J connectivity index is 0. The molecule has 3 nitrogen and oxygen atoms in total. The van der Waals surface area contributed by atoms with Gasteiger partial charge in [0.25, 0.3) is 10.1 Å². The zero-order valence-corrected chi connectivity index (χ0v) is 8.70. The fourth-order valence-electron chi connectivity index (χ4n) is 0.733. The van der Waals surface area contributed by atoms with Crippen LogP contribution >= 0.6 is 15.9 Å². The molecule has 0 unspecified atom stereocenters. The Kier molecular flexibility index (Phi) is 11.8. The number of alkyl halides is 1. The third-order valence-electron chi connectivity index (χ3n) is 1.29. The number of hydrogen-bond acceptors (Lipinski definition) is 2. The summed E-state index contributed by atoms with van der Waals surface area (Å²) in [5.41, 5.74) is 0. The molecule has 0 aliphatic carbocycles. The van der Waals surface area contributed by atoms with Gasteiger partial charge in [0, 0.05) is 5.33 Å². The Labute approximate surface area is 104 Å². The van der Waals surface area contributed by atoms with Gasteiger partial charge in [-0.15, -0.1) is 0 Å². The van der Waals surface area contributed by atoms with Crippen LogP contribution in [0.4, 0.5) is 0 Å². The minimum atomic E-state index is -3.72. The quantitative estimate of drug-likeness (QED) is 0.341. The van der Waals surface area contributed by atoms with Gasteiger partial charge in [0.2, 0.25) is 0 Å². The summed E-state index contributed by atoms with van der Waals surface area (Å²) in [4.78, 5) is 0. The first-order chi connectivity index (χ1) is 5.06. The van der Waals surface area contributed by atoms with E-state index in [9.17, 15) is 8.42 Å². The Hall–Kier alpha value is 1.39. The van der Waals surface area contributed by atoms with Crippen LogP contribution in [-0.2, 0) is 10.1 Å². The van der Waals surface area contributed by atoms with E-state index >= 15 is 0 Å². The second-order valence-electron chi connectivity index (χ2n) is 2.39. The van der Waals surface area contributed by atoms with Crippen LogP contribution in [0.1, 0.15) is 25.7 Å². The molecular weight excluding hydrogens is 255 g/mol. The first kappa shape index (κ1) is 15.8. The second-order valence-corrected chi connectivity index (χ2v) is 4.75. The van der Waals surface area contributed by atoms with Gasteiger partial charge in [0.05, 0.1) is 5.75 Å². The molecule has 0 aliphatic heterocycles. The van der Waals surface area contributed by atoms with Crippen molar-refractivity contribution in [3.05, 3.63) is 0 Å². The van der Waals surface area contributed by atoms with Crippen molar-refractivity contribution < 1.29 is 13.0 Å². The summed E-state index contributed by atoms with van der Waals surface area (Å²) in [6, 6.07) is 0. The van der Waals surface area contributed by atoms with E-state index in [0.717, 1.165) is 24.6 Å². The van der Waals surface area contributed by atoms with E-state index in [4.69, 9.17) is 4.55 Å².